The van der Waals surface area contributed by atoms with Gasteiger partial charge in [-0.05, 0) is 51.2 Å². The van der Waals surface area contributed by atoms with E-state index in [0.717, 1.165) is 43.5 Å². The van der Waals surface area contributed by atoms with Crippen LogP contribution in [0.4, 0.5) is 5.82 Å². The Kier molecular flexibility index (Phi) is 4.08. The highest BCUT2D eigenvalue weighted by atomic mass is 16.4. The Morgan fingerprint density at radius 3 is 2.79 bits per heavy atom. The number of carboxylic acid groups (broad SMARTS) is 1. The number of rotatable bonds is 5. The van der Waals surface area contributed by atoms with Gasteiger partial charge in [-0.1, -0.05) is 6.92 Å². The Morgan fingerprint density at radius 2 is 2.21 bits per heavy atom. The number of pyridine rings is 1. The van der Waals surface area contributed by atoms with Gasteiger partial charge in [0.15, 0.2) is 0 Å². The molecule has 1 N–H and O–H groups in total. The predicted molar refractivity (Wildman–Crippen MR) is 76.0 cm³/mol. The third-order valence-electron chi connectivity index (χ3n) is 3.62. The van der Waals surface area contributed by atoms with E-state index in [0.29, 0.717) is 11.4 Å². The number of carboxylic acids is 1. The summed E-state index contributed by atoms with van der Waals surface area (Å²) in [6, 6.07) is 2.09. The van der Waals surface area contributed by atoms with Crippen molar-refractivity contribution in [3.63, 3.8) is 0 Å². The second-order valence-corrected chi connectivity index (χ2v) is 5.41. The summed E-state index contributed by atoms with van der Waals surface area (Å²) in [5, 5.41) is 9.43. The largest absolute Gasteiger partial charge is 0.478 e. The molecule has 0 aromatic carbocycles. The van der Waals surface area contributed by atoms with Crippen LogP contribution < -0.4 is 4.90 Å². The van der Waals surface area contributed by atoms with E-state index in [4.69, 9.17) is 0 Å². The van der Waals surface area contributed by atoms with Crippen molar-refractivity contribution in [2.75, 3.05) is 11.4 Å². The molecule has 0 spiro atoms. The van der Waals surface area contributed by atoms with Gasteiger partial charge in [0.05, 0.1) is 0 Å². The number of aromatic nitrogens is 1. The van der Waals surface area contributed by atoms with Crippen LogP contribution in [-0.4, -0.2) is 28.6 Å². The smallest absolute Gasteiger partial charge is 0.339 e. The lowest BCUT2D eigenvalue weighted by Crippen LogP contribution is -2.34. The maximum Gasteiger partial charge on any atom is 0.339 e. The van der Waals surface area contributed by atoms with Crippen molar-refractivity contribution in [2.45, 2.75) is 52.5 Å². The number of fused-ring (bicyclic) bond motifs is 1. The van der Waals surface area contributed by atoms with Crippen molar-refractivity contribution in [3.05, 3.63) is 22.9 Å². The van der Waals surface area contributed by atoms with Gasteiger partial charge in [0.1, 0.15) is 11.4 Å². The number of carbonyl (C=O) groups is 1. The summed E-state index contributed by atoms with van der Waals surface area (Å²) in [6.07, 6.45) is 3.99. The molecule has 0 atom stereocenters. The molecule has 1 aromatic rings. The van der Waals surface area contributed by atoms with Crippen LogP contribution in [0.15, 0.2) is 6.07 Å². The second-order valence-electron chi connectivity index (χ2n) is 5.41. The summed E-state index contributed by atoms with van der Waals surface area (Å²) in [7, 11) is 0. The molecule has 0 fully saturated rings. The zero-order valence-corrected chi connectivity index (χ0v) is 11.9. The highest BCUT2D eigenvalue weighted by Crippen LogP contribution is 2.28. The quantitative estimate of drug-likeness (QED) is 0.886. The van der Waals surface area contributed by atoms with Gasteiger partial charge in [-0.15, -0.1) is 0 Å². The average Bonchev–Trinajstić information content (AvgIpc) is 2.81. The molecule has 0 aliphatic heterocycles. The van der Waals surface area contributed by atoms with E-state index in [9.17, 15) is 9.90 Å². The molecule has 0 saturated carbocycles. The van der Waals surface area contributed by atoms with E-state index in [1.165, 1.54) is 0 Å². The molecular formula is C15H22N2O2. The van der Waals surface area contributed by atoms with Crippen LogP contribution in [-0.2, 0) is 12.8 Å². The van der Waals surface area contributed by atoms with Crippen LogP contribution in [0, 0.1) is 0 Å². The molecule has 0 radical (unpaired) electrons. The van der Waals surface area contributed by atoms with E-state index >= 15 is 0 Å². The first kappa shape index (κ1) is 13.8. The van der Waals surface area contributed by atoms with E-state index in [-0.39, 0.29) is 6.04 Å². The predicted octanol–water partition coefficient (Wildman–Crippen LogP) is 2.89. The Morgan fingerprint density at radius 1 is 1.47 bits per heavy atom. The van der Waals surface area contributed by atoms with E-state index in [1.807, 2.05) is 6.07 Å². The molecule has 1 aliphatic rings. The fraction of sp³-hybridized carbons (Fsp3) is 0.600. The number of hydrogen-bond acceptors (Lipinski definition) is 3. The fourth-order valence-electron chi connectivity index (χ4n) is 2.69. The molecule has 2 rings (SSSR count). The summed E-state index contributed by atoms with van der Waals surface area (Å²) < 4.78 is 0. The average molecular weight is 262 g/mol. The topological polar surface area (TPSA) is 53.4 Å². The van der Waals surface area contributed by atoms with Gasteiger partial charge in [0.25, 0.3) is 0 Å². The molecule has 104 valence electrons. The van der Waals surface area contributed by atoms with E-state index in [2.05, 4.69) is 30.7 Å². The molecule has 4 nitrogen and oxygen atoms in total. The Hall–Kier alpha value is -1.58. The summed E-state index contributed by atoms with van der Waals surface area (Å²) in [6.45, 7) is 7.10. The fourth-order valence-corrected chi connectivity index (χ4v) is 2.69. The normalized spacial score (nSPS) is 13.7. The molecule has 19 heavy (non-hydrogen) atoms. The number of hydrogen-bond donors (Lipinski definition) is 1. The number of nitrogens with zero attached hydrogens (tertiary/aromatic N) is 2. The van der Waals surface area contributed by atoms with Gasteiger partial charge in [-0.25, -0.2) is 9.78 Å². The van der Waals surface area contributed by atoms with Gasteiger partial charge in [-0.2, -0.15) is 0 Å². The first-order chi connectivity index (χ1) is 9.04. The molecule has 1 aromatic heterocycles. The van der Waals surface area contributed by atoms with Crippen LogP contribution in [0.25, 0.3) is 0 Å². The maximum absolute atomic E-state index is 11.5. The van der Waals surface area contributed by atoms with E-state index < -0.39 is 5.97 Å². The Bertz CT molecular complexity index is 483. The molecule has 0 saturated heterocycles. The van der Waals surface area contributed by atoms with Crippen LogP contribution in [0.3, 0.4) is 0 Å². The third kappa shape index (κ3) is 2.72. The van der Waals surface area contributed by atoms with Crippen molar-refractivity contribution in [3.8, 4) is 0 Å². The van der Waals surface area contributed by atoms with Crippen molar-refractivity contribution in [1.29, 1.82) is 0 Å². The second kappa shape index (κ2) is 5.59. The van der Waals surface area contributed by atoms with Crippen LogP contribution >= 0.6 is 0 Å². The van der Waals surface area contributed by atoms with Crippen LogP contribution in [0.1, 0.15) is 55.2 Å². The first-order valence-corrected chi connectivity index (χ1v) is 7.07. The molecule has 4 heteroatoms. The Balaban J connectivity index is 2.50. The standard InChI is InChI=1S/C15H22N2O2/c1-4-8-17(10(2)3)14-12(15(18)19)9-11-6-5-7-13(11)16-14/h9-10H,4-8H2,1-3H3,(H,18,19). The molecule has 1 aliphatic carbocycles. The van der Waals surface area contributed by atoms with Crippen LogP contribution in [0.2, 0.25) is 0 Å². The minimum Gasteiger partial charge on any atom is -0.478 e. The highest BCUT2D eigenvalue weighted by molar-refractivity contribution is 5.93. The molecule has 0 unspecified atom stereocenters. The van der Waals surface area contributed by atoms with Gasteiger partial charge in [0.2, 0.25) is 0 Å². The summed E-state index contributed by atoms with van der Waals surface area (Å²) in [5.41, 5.74) is 2.55. The number of aromatic carboxylic acids is 1. The van der Waals surface area contributed by atoms with Gasteiger partial charge >= 0.3 is 5.97 Å². The molecule has 0 amide bonds. The van der Waals surface area contributed by atoms with Crippen molar-refractivity contribution >= 4 is 11.8 Å². The lowest BCUT2D eigenvalue weighted by molar-refractivity contribution is 0.0697. The lowest BCUT2D eigenvalue weighted by atomic mass is 10.1. The molecule has 1 heterocycles. The summed E-state index contributed by atoms with van der Waals surface area (Å²) in [5.74, 6) is -0.232. The molecular weight excluding hydrogens is 240 g/mol. The van der Waals surface area contributed by atoms with Gasteiger partial charge in [0, 0.05) is 18.3 Å². The lowest BCUT2D eigenvalue weighted by Gasteiger charge is -2.29. The summed E-state index contributed by atoms with van der Waals surface area (Å²) in [4.78, 5) is 18.2. The minimum atomic E-state index is -0.876. The van der Waals surface area contributed by atoms with E-state index in [1.54, 1.807) is 0 Å². The SMILES string of the molecule is CCCN(c1nc2c(cc1C(=O)O)CCC2)C(C)C. The number of aryl methyl sites for hydroxylation is 2. The monoisotopic (exact) mass is 262 g/mol. The minimum absolute atomic E-state index is 0.255. The van der Waals surface area contributed by atoms with Crippen molar-refractivity contribution in [2.24, 2.45) is 0 Å². The number of anilines is 1. The Labute approximate surface area is 114 Å². The van der Waals surface area contributed by atoms with Crippen LogP contribution in [0.5, 0.6) is 0 Å². The highest BCUT2D eigenvalue weighted by Gasteiger charge is 2.24. The van der Waals surface area contributed by atoms with Crippen molar-refractivity contribution < 1.29 is 9.90 Å². The maximum atomic E-state index is 11.5. The van der Waals surface area contributed by atoms with Gasteiger partial charge < -0.3 is 10.0 Å². The zero-order valence-electron chi connectivity index (χ0n) is 11.9. The van der Waals surface area contributed by atoms with Crippen molar-refractivity contribution in [1.82, 2.24) is 4.98 Å². The zero-order chi connectivity index (χ0) is 14.0. The molecule has 0 bridgehead atoms. The van der Waals surface area contributed by atoms with Gasteiger partial charge in [-0.3, -0.25) is 0 Å². The first-order valence-electron chi connectivity index (χ1n) is 7.07. The third-order valence-corrected chi connectivity index (χ3v) is 3.62. The summed E-state index contributed by atoms with van der Waals surface area (Å²) >= 11 is 0.